The highest BCUT2D eigenvalue weighted by atomic mass is 32.1. The maximum Gasteiger partial charge on any atom is 0.394 e. The van der Waals surface area contributed by atoms with Crippen LogP contribution in [0.2, 0.25) is 0 Å². The van der Waals surface area contributed by atoms with Gasteiger partial charge in [0.2, 0.25) is 0 Å². The van der Waals surface area contributed by atoms with Crippen molar-refractivity contribution in [3.63, 3.8) is 0 Å². The molecule has 0 radical (unpaired) electrons. The summed E-state index contributed by atoms with van der Waals surface area (Å²) in [6, 6.07) is 1.79. The Hall–Kier alpha value is -1.36. The maximum absolute atomic E-state index is 10.8. The van der Waals surface area contributed by atoms with Crippen molar-refractivity contribution in [2.24, 2.45) is 0 Å². The second kappa shape index (κ2) is 4.76. The predicted molar refractivity (Wildman–Crippen MR) is 53.3 cm³/mol. The summed E-state index contributed by atoms with van der Waals surface area (Å²) in [5.74, 6) is -2.39. The van der Waals surface area contributed by atoms with Crippen LogP contribution in [0.4, 0.5) is 0 Å². The summed E-state index contributed by atoms with van der Waals surface area (Å²) < 4.78 is 0. The lowest BCUT2D eigenvalue weighted by molar-refractivity contribution is -0.150. The minimum atomic E-state index is -1.44. The van der Waals surface area contributed by atoms with Crippen LogP contribution in [0, 0.1) is 0 Å². The Labute approximate surface area is 85.6 Å². The van der Waals surface area contributed by atoms with Gasteiger partial charge in [-0.05, 0) is 35.7 Å². The lowest BCUT2D eigenvalue weighted by Crippen LogP contribution is -2.38. The summed E-state index contributed by atoms with van der Waals surface area (Å²) in [7, 11) is 0. The average Bonchev–Trinajstić information content (AvgIpc) is 2.56. The molecule has 0 saturated heterocycles. The molecular formula is C9H11NO3S. The van der Waals surface area contributed by atoms with Crippen molar-refractivity contribution in [1.82, 2.24) is 5.32 Å². The lowest BCUT2D eigenvalue weighted by atomic mass is 10.1. The molecule has 1 aromatic rings. The third kappa shape index (κ3) is 3.18. The van der Waals surface area contributed by atoms with Gasteiger partial charge >= 0.3 is 11.9 Å². The maximum atomic E-state index is 10.8. The van der Waals surface area contributed by atoms with Crippen molar-refractivity contribution in [3.8, 4) is 0 Å². The Morgan fingerprint density at radius 3 is 2.86 bits per heavy atom. The topological polar surface area (TPSA) is 66.4 Å². The van der Waals surface area contributed by atoms with Crippen LogP contribution in [0.25, 0.3) is 0 Å². The molecule has 5 heteroatoms. The molecule has 0 aliphatic carbocycles. The number of carbonyl (C=O) groups excluding carboxylic acids is 1. The number of rotatable bonds is 3. The number of nitrogens with one attached hydrogen (secondary N) is 1. The summed E-state index contributed by atoms with van der Waals surface area (Å²) in [6.45, 7) is 1.78. The Bertz CT molecular complexity index is 321. The molecule has 1 aromatic heterocycles. The Balaban J connectivity index is 2.40. The van der Waals surface area contributed by atoms with Crippen LogP contribution in [0.15, 0.2) is 16.8 Å². The van der Waals surface area contributed by atoms with Gasteiger partial charge in [-0.3, -0.25) is 4.79 Å². The third-order valence-electron chi connectivity index (χ3n) is 1.69. The zero-order chi connectivity index (χ0) is 10.6. The molecule has 0 spiro atoms. The number of hydrogen-bond donors (Lipinski definition) is 2. The van der Waals surface area contributed by atoms with E-state index in [0.29, 0.717) is 6.42 Å². The Morgan fingerprint density at radius 1 is 1.64 bits per heavy atom. The van der Waals surface area contributed by atoms with Crippen molar-refractivity contribution in [3.05, 3.63) is 22.4 Å². The third-order valence-corrected chi connectivity index (χ3v) is 2.43. The molecular weight excluding hydrogens is 202 g/mol. The van der Waals surface area contributed by atoms with Crippen LogP contribution in [-0.2, 0) is 16.0 Å². The summed E-state index contributed by atoms with van der Waals surface area (Å²) in [5.41, 5.74) is 1.10. The first kappa shape index (κ1) is 10.7. The fraction of sp³-hybridized carbons (Fsp3) is 0.333. The van der Waals surface area contributed by atoms with Crippen molar-refractivity contribution in [1.29, 1.82) is 0 Å². The highest BCUT2D eigenvalue weighted by Gasteiger charge is 2.14. The van der Waals surface area contributed by atoms with Gasteiger partial charge in [0.1, 0.15) is 0 Å². The summed E-state index contributed by atoms with van der Waals surface area (Å²) in [4.78, 5) is 21.0. The highest BCUT2D eigenvalue weighted by Crippen LogP contribution is 2.08. The summed E-state index contributed by atoms with van der Waals surface area (Å²) in [6.07, 6.45) is 0.655. The molecule has 76 valence electrons. The lowest BCUT2D eigenvalue weighted by Gasteiger charge is -2.10. The van der Waals surface area contributed by atoms with E-state index in [0.717, 1.165) is 5.56 Å². The number of carboxylic acids is 1. The van der Waals surface area contributed by atoms with E-state index in [2.05, 4.69) is 5.32 Å². The first-order valence-corrected chi connectivity index (χ1v) is 5.08. The molecule has 1 atom stereocenters. The van der Waals surface area contributed by atoms with E-state index in [1.54, 1.807) is 18.3 Å². The summed E-state index contributed by atoms with van der Waals surface area (Å²) >= 11 is 1.58. The molecule has 0 saturated carbocycles. The molecule has 0 aliphatic heterocycles. The van der Waals surface area contributed by atoms with Gasteiger partial charge in [-0.2, -0.15) is 11.3 Å². The highest BCUT2D eigenvalue weighted by molar-refractivity contribution is 7.07. The molecule has 0 aromatic carbocycles. The van der Waals surface area contributed by atoms with Gasteiger partial charge < -0.3 is 10.4 Å². The predicted octanol–water partition coefficient (Wildman–Crippen LogP) is 0.880. The van der Waals surface area contributed by atoms with E-state index in [1.807, 2.05) is 16.8 Å². The van der Waals surface area contributed by atoms with Crippen LogP contribution in [-0.4, -0.2) is 23.0 Å². The van der Waals surface area contributed by atoms with Crippen molar-refractivity contribution in [2.45, 2.75) is 19.4 Å². The first-order valence-electron chi connectivity index (χ1n) is 4.14. The molecule has 14 heavy (non-hydrogen) atoms. The van der Waals surface area contributed by atoms with Crippen molar-refractivity contribution in [2.75, 3.05) is 0 Å². The molecule has 1 heterocycles. The second-order valence-corrected chi connectivity index (χ2v) is 3.80. The molecule has 4 nitrogen and oxygen atoms in total. The smallest absolute Gasteiger partial charge is 0.394 e. The van der Waals surface area contributed by atoms with Crippen molar-refractivity contribution < 1.29 is 14.7 Å². The van der Waals surface area contributed by atoms with E-state index in [1.165, 1.54) is 0 Å². The van der Waals surface area contributed by atoms with Gasteiger partial charge in [0.25, 0.3) is 0 Å². The summed E-state index contributed by atoms with van der Waals surface area (Å²) in [5, 5.41) is 14.7. The quantitative estimate of drug-likeness (QED) is 0.732. The number of carboxylic acid groups (broad SMARTS) is 1. The molecule has 0 bridgehead atoms. The second-order valence-electron chi connectivity index (χ2n) is 3.02. The average molecular weight is 213 g/mol. The fourth-order valence-electron chi connectivity index (χ4n) is 1.10. The monoisotopic (exact) mass is 213 g/mol. The van der Waals surface area contributed by atoms with Gasteiger partial charge in [-0.15, -0.1) is 0 Å². The fourth-order valence-corrected chi connectivity index (χ4v) is 1.78. The van der Waals surface area contributed by atoms with E-state index in [9.17, 15) is 9.59 Å². The van der Waals surface area contributed by atoms with Gasteiger partial charge in [-0.25, -0.2) is 4.79 Å². The van der Waals surface area contributed by atoms with E-state index in [4.69, 9.17) is 5.11 Å². The van der Waals surface area contributed by atoms with Crippen LogP contribution in [0.3, 0.4) is 0 Å². The number of amides is 1. The van der Waals surface area contributed by atoms with Gasteiger partial charge in [0, 0.05) is 6.04 Å². The number of carbonyl (C=O) groups is 2. The van der Waals surface area contributed by atoms with E-state index in [-0.39, 0.29) is 6.04 Å². The van der Waals surface area contributed by atoms with Crippen LogP contribution in [0.1, 0.15) is 12.5 Å². The molecule has 0 fully saturated rings. The molecule has 1 rings (SSSR count). The van der Waals surface area contributed by atoms with Crippen molar-refractivity contribution >= 4 is 23.2 Å². The minimum absolute atomic E-state index is 0.159. The van der Waals surface area contributed by atoms with E-state index < -0.39 is 11.9 Å². The first-order chi connectivity index (χ1) is 6.59. The van der Waals surface area contributed by atoms with E-state index >= 15 is 0 Å². The van der Waals surface area contributed by atoms with Gasteiger partial charge in [0.15, 0.2) is 0 Å². The minimum Gasteiger partial charge on any atom is -0.474 e. The number of aliphatic carboxylic acids is 1. The number of hydrogen-bond acceptors (Lipinski definition) is 3. The Morgan fingerprint density at radius 2 is 2.36 bits per heavy atom. The molecule has 1 unspecified atom stereocenters. The largest absolute Gasteiger partial charge is 0.474 e. The molecule has 1 amide bonds. The van der Waals surface area contributed by atoms with Crippen LogP contribution < -0.4 is 5.32 Å². The zero-order valence-electron chi connectivity index (χ0n) is 7.69. The molecule has 2 N–H and O–H groups in total. The number of thiophene rings is 1. The van der Waals surface area contributed by atoms with Crippen LogP contribution in [0.5, 0.6) is 0 Å². The SMILES string of the molecule is CC(Cc1ccsc1)NC(=O)C(=O)O. The Kier molecular flexibility index (Phi) is 3.64. The zero-order valence-corrected chi connectivity index (χ0v) is 8.50. The van der Waals surface area contributed by atoms with Crippen LogP contribution >= 0.6 is 11.3 Å². The van der Waals surface area contributed by atoms with Gasteiger partial charge in [-0.1, -0.05) is 0 Å². The normalized spacial score (nSPS) is 12.1. The standard InChI is InChI=1S/C9H11NO3S/c1-6(10-8(11)9(12)13)4-7-2-3-14-5-7/h2-3,5-6H,4H2,1H3,(H,10,11)(H,12,13). The molecule has 0 aliphatic rings. The van der Waals surface area contributed by atoms with Gasteiger partial charge in [0.05, 0.1) is 0 Å².